The van der Waals surface area contributed by atoms with E-state index in [1.165, 1.54) is 22.5 Å². The number of sulfonamides is 1. The van der Waals surface area contributed by atoms with Crippen molar-refractivity contribution in [3.63, 3.8) is 0 Å². The smallest absolute Gasteiger partial charge is 0.241 e. The molecule has 0 radical (unpaired) electrons. The number of nitrogens with one attached hydrogen (secondary N) is 1. The Labute approximate surface area is 122 Å². The molecule has 1 heterocycles. The average Bonchev–Trinajstić information content (AvgIpc) is 2.89. The Bertz CT molecular complexity index is 722. The number of fused-ring (bicyclic) bond motifs is 1. The van der Waals surface area contributed by atoms with Crippen molar-refractivity contribution >= 4 is 21.4 Å². The van der Waals surface area contributed by atoms with Gasteiger partial charge in [-0.1, -0.05) is 24.3 Å². The van der Waals surface area contributed by atoms with Crippen LogP contribution in [-0.2, 0) is 23.0 Å². The number of benzene rings is 1. The van der Waals surface area contributed by atoms with Crippen molar-refractivity contribution in [1.29, 1.82) is 0 Å². The second-order valence-electron chi connectivity index (χ2n) is 4.90. The molecule has 1 aliphatic rings. The van der Waals surface area contributed by atoms with Crippen LogP contribution in [0.15, 0.2) is 40.6 Å². The highest BCUT2D eigenvalue weighted by Crippen LogP contribution is 2.34. The molecule has 1 aliphatic carbocycles. The third-order valence-electron chi connectivity index (χ3n) is 3.62. The molecular formula is C14H16N2O2S2. The van der Waals surface area contributed by atoms with Gasteiger partial charge in [-0.05, 0) is 23.6 Å². The summed E-state index contributed by atoms with van der Waals surface area (Å²) in [5.74, 6) is 0.286. The van der Waals surface area contributed by atoms with Gasteiger partial charge in [0.2, 0.25) is 10.0 Å². The molecule has 2 aromatic rings. The Hall–Kier alpha value is -1.21. The summed E-state index contributed by atoms with van der Waals surface area (Å²) in [6, 6.07) is 9.80. The zero-order chi connectivity index (χ0) is 14.2. The number of rotatable bonds is 5. The molecule has 6 heteroatoms. The van der Waals surface area contributed by atoms with Crippen LogP contribution in [-0.4, -0.2) is 15.0 Å². The molecular weight excluding hydrogens is 292 g/mol. The molecule has 0 aliphatic heterocycles. The van der Waals surface area contributed by atoms with Crippen LogP contribution in [0.25, 0.3) is 0 Å². The predicted octanol–water partition coefficient (Wildman–Crippen LogP) is 1.82. The van der Waals surface area contributed by atoms with Crippen molar-refractivity contribution in [1.82, 2.24) is 4.72 Å². The maximum atomic E-state index is 12.2. The fraction of sp³-hybridized carbons (Fsp3) is 0.286. The fourth-order valence-corrected chi connectivity index (χ4v) is 4.68. The third-order valence-corrected chi connectivity index (χ3v) is 6.13. The summed E-state index contributed by atoms with van der Waals surface area (Å²) in [5.41, 5.74) is 8.08. The van der Waals surface area contributed by atoms with Gasteiger partial charge in [0.1, 0.15) is 0 Å². The van der Waals surface area contributed by atoms with Crippen LogP contribution < -0.4 is 10.5 Å². The molecule has 0 spiro atoms. The van der Waals surface area contributed by atoms with Gasteiger partial charge in [0.05, 0.1) is 4.90 Å². The standard InChI is InChI=1S/C14H16N2O2S2/c15-7-12-6-13(9-19-12)20(17,18)16-8-11-5-10-3-1-2-4-14(10)11/h1-4,6,9,11,16H,5,7-8,15H2. The van der Waals surface area contributed by atoms with Crippen molar-refractivity contribution in [2.75, 3.05) is 6.54 Å². The first-order valence-corrected chi connectivity index (χ1v) is 8.81. The molecule has 0 saturated heterocycles. The van der Waals surface area contributed by atoms with Crippen molar-refractivity contribution in [3.05, 3.63) is 51.7 Å². The van der Waals surface area contributed by atoms with E-state index in [0.717, 1.165) is 11.3 Å². The van der Waals surface area contributed by atoms with E-state index in [2.05, 4.69) is 16.9 Å². The summed E-state index contributed by atoms with van der Waals surface area (Å²) < 4.78 is 27.0. The zero-order valence-electron chi connectivity index (χ0n) is 10.9. The van der Waals surface area contributed by atoms with Gasteiger partial charge in [0, 0.05) is 29.3 Å². The monoisotopic (exact) mass is 308 g/mol. The van der Waals surface area contributed by atoms with Crippen LogP contribution in [0.2, 0.25) is 0 Å². The molecule has 0 fully saturated rings. The first kappa shape index (κ1) is 13.8. The van der Waals surface area contributed by atoms with Crippen LogP contribution in [0.1, 0.15) is 21.9 Å². The van der Waals surface area contributed by atoms with E-state index in [4.69, 9.17) is 5.73 Å². The molecule has 3 N–H and O–H groups in total. The van der Waals surface area contributed by atoms with Crippen LogP contribution >= 0.6 is 11.3 Å². The number of hydrogen-bond donors (Lipinski definition) is 2. The lowest BCUT2D eigenvalue weighted by molar-refractivity contribution is 0.552. The predicted molar refractivity (Wildman–Crippen MR) is 80.3 cm³/mol. The quantitative estimate of drug-likeness (QED) is 0.885. The normalized spacial score (nSPS) is 17.6. The Kier molecular flexibility index (Phi) is 3.64. The topological polar surface area (TPSA) is 72.2 Å². The van der Waals surface area contributed by atoms with E-state index in [1.807, 2.05) is 12.1 Å². The summed E-state index contributed by atoms with van der Waals surface area (Å²) >= 11 is 1.37. The third kappa shape index (κ3) is 2.52. The van der Waals surface area contributed by atoms with Gasteiger partial charge < -0.3 is 5.73 Å². The molecule has 20 heavy (non-hydrogen) atoms. The lowest BCUT2D eigenvalue weighted by atomic mass is 9.78. The minimum absolute atomic E-state index is 0.286. The lowest BCUT2D eigenvalue weighted by Gasteiger charge is -2.30. The summed E-state index contributed by atoms with van der Waals surface area (Å²) in [6.45, 7) is 0.823. The SMILES string of the molecule is NCc1cc(S(=O)(=O)NCC2Cc3ccccc32)cs1. The Morgan fingerprint density at radius 3 is 2.85 bits per heavy atom. The Morgan fingerprint density at radius 2 is 2.15 bits per heavy atom. The van der Waals surface area contributed by atoms with Crippen molar-refractivity contribution < 1.29 is 8.42 Å². The molecule has 3 rings (SSSR count). The van der Waals surface area contributed by atoms with Crippen molar-refractivity contribution in [2.45, 2.75) is 23.8 Å². The highest BCUT2D eigenvalue weighted by molar-refractivity contribution is 7.89. The molecule has 1 aromatic carbocycles. The lowest BCUT2D eigenvalue weighted by Crippen LogP contribution is -2.33. The molecule has 1 atom stereocenters. The van der Waals surface area contributed by atoms with Gasteiger partial charge in [-0.3, -0.25) is 0 Å². The first-order chi connectivity index (χ1) is 9.60. The van der Waals surface area contributed by atoms with E-state index in [9.17, 15) is 8.42 Å². The van der Waals surface area contributed by atoms with Crippen LogP contribution in [0, 0.1) is 0 Å². The molecule has 0 amide bonds. The fourth-order valence-electron chi connectivity index (χ4n) is 2.45. The summed E-state index contributed by atoms with van der Waals surface area (Å²) in [4.78, 5) is 1.19. The minimum atomic E-state index is -3.42. The van der Waals surface area contributed by atoms with Crippen LogP contribution in [0.5, 0.6) is 0 Å². The number of thiophene rings is 1. The van der Waals surface area contributed by atoms with E-state index >= 15 is 0 Å². The summed E-state index contributed by atoms with van der Waals surface area (Å²) in [6.07, 6.45) is 0.941. The summed E-state index contributed by atoms with van der Waals surface area (Å²) in [5, 5.41) is 1.64. The highest BCUT2D eigenvalue weighted by atomic mass is 32.2. The maximum absolute atomic E-state index is 12.2. The molecule has 1 unspecified atom stereocenters. The van der Waals surface area contributed by atoms with E-state index < -0.39 is 10.0 Å². The largest absolute Gasteiger partial charge is 0.326 e. The molecule has 1 aromatic heterocycles. The van der Waals surface area contributed by atoms with Crippen LogP contribution in [0.4, 0.5) is 0 Å². The van der Waals surface area contributed by atoms with Crippen molar-refractivity contribution in [2.24, 2.45) is 5.73 Å². The summed E-state index contributed by atoms with van der Waals surface area (Å²) in [7, 11) is -3.42. The van der Waals surface area contributed by atoms with Gasteiger partial charge in [0.15, 0.2) is 0 Å². The number of hydrogen-bond acceptors (Lipinski definition) is 4. The maximum Gasteiger partial charge on any atom is 0.241 e. The second kappa shape index (κ2) is 5.29. The van der Waals surface area contributed by atoms with Crippen LogP contribution in [0.3, 0.4) is 0 Å². The number of nitrogens with two attached hydrogens (primary N) is 1. The van der Waals surface area contributed by atoms with Crippen molar-refractivity contribution in [3.8, 4) is 0 Å². The van der Waals surface area contributed by atoms with E-state index in [-0.39, 0.29) is 5.92 Å². The van der Waals surface area contributed by atoms with Gasteiger partial charge in [-0.25, -0.2) is 13.1 Å². The van der Waals surface area contributed by atoms with E-state index in [1.54, 1.807) is 11.4 Å². The molecule has 106 valence electrons. The van der Waals surface area contributed by atoms with E-state index in [0.29, 0.717) is 18.0 Å². The van der Waals surface area contributed by atoms with Gasteiger partial charge in [-0.2, -0.15) is 0 Å². The minimum Gasteiger partial charge on any atom is -0.326 e. The average molecular weight is 308 g/mol. The van der Waals surface area contributed by atoms with Gasteiger partial charge in [-0.15, -0.1) is 11.3 Å². The highest BCUT2D eigenvalue weighted by Gasteiger charge is 2.27. The Balaban J connectivity index is 1.67. The Morgan fingerprint density at radius 1 is 1.35 bits per heavy atom. The zero-order valence-corrected chi connectivity index (χ0v) is 12.5. The molecule has 0 saturated carbocycles. The van der Waals surface area contributed by atoms with Gasteiger partial charge in [0.25, 0.3) is 0 Å². The second-order valence-corrected chi connectivity index (χ2v) is 7.67. The van der Waals surface area contributed by atoms with Gasteiger partial charge >= 0.3 is 0 Å². The molecule has 0 bridgehead atoms. The first-order valence-electron chi connectivity index (χ1n) is 6.45. The molecule has 4 nitrogen and oxygen atoms in total.